The van der Waals surface area contributed by atoms with E-state index in [0.717, 1.165) is 51.3 Å². The number of fused-ring (bicyclic) bond motifs is 3. The van der Waals surface area contributed by atoms with Crippen molar-refractivity contribution < 1.29 is 4.79 Å². The second-order valence-electron chi connectivity index (χ2n) is 8.86. The number of carbonyl (C=O) groups is 1. The molecule has 7 nitrogen and oxygen atoms in total. The fourth-order valence-corrected chi connectivity index (χ4v) is 4.88. The van der Waals surface area contributed by atoms with E-state index >= 15 is 0 Å². The standard InChI is InChI=1S/C22H32N6O/c1-25(2)22(29)21-16-27-10-9-18(21)11-20(27)15-28-14-19(23-24-28)13-26(3)12-17-7-5-4-6-8-17/h4-8,14,18,20-21H,9-13,15-16H2,1-3H3/t18?,20-,21+/m1/s1. The normalized spacial score (nSPS) is 26.1. The summed E-state index contributed by atoms with van der Waals surface area (Å²) in [5, 5.41) is 8.76. The molecular formula is C22H32N6O. The molecule has 1 amide bonds. The van der Waals surface area contributed by atoms with E-state index in [9.17, 15) is 4.79 Å². The summed E-state index contributed by atoms with van der Waals surface area (Å²) < 4.78 is 1.99. The van der Waals surface area contributed by atoms with Crippen LogP contribution in [-0.2, 0) is 24.4 Å². The van der Waals surface area contributed by atoms with Gasteiger partial charge in [-0.2, -0.15) is 0 Å². The van der Waals surface area contributed by atoms with Crippen LogP contribution in [-0.4, -0.2) is 75.9 Å². The van der Waals surface area contributed by atoms with Crippen molar-refractivity contribution in [3.63, 3.8) is 0 Å². The van der Waals surface area contributed by atoms with Gasteiger partial charge in [-0.15, -0.1) is 5.10 Å². The molecule has 4 heterocycles. The van der Waals surface area contributed by atoms with Crippen LogP contribution in [0.4, 0.5) is 0 Å². The van der Waals surface area contributed by atoms with Gasteiger partial charge in [0.1, 0.15) is 0 Å². The SMILES string of the molecule is CN(Cc1ccccc1)Cc1cn(C[C@H]2CC3CCN2C[C@@H]3C(=O)N(C)C)nn1. The molecule has 0 saturated carbocycles. The van der Waals surface area contributed by atoms with Gasteiger partial charge in [0, 0.05) is 46.0 Å². The number of benzene rings is 1. The van der Waals surface area contributed by atoms with Gasteiger partial charge in [-0.05, 0) is 37.9 Å². The molecule has 7 heteroatoms. The largest absolute Gasteiger partial charge is 0.349 e. The third-order valence-electron chi connectivity index (χ3n) is 6.35. The molecule has 0 aliphatic carbocycles. The van der Waals surface area contributed by atoms with Crippen LogP contribution in [0.2, 0.25) is 0 Å². The molecule has 3 fully saturated rings. The minimum Gasteiger partial charge on any atom is -0.349 e. The maximum atomic E-state index is 12.5. The molecule has 3 saturated heterocycles. The van der Waals surface area contributed by atoms with Crippen LogP contribution in [0.1, 0.15) is 24.1 Å². The van der Waals surface area contributed by atoms with Gasteiger partial charge in [-0.25, -0.2) is 0 Å². The zero-order valence-electron chi connectivity index (χ0n) is 17.7. The van der Waals surface area contributed by atoms with Gasteiger partial charge in [-0.1, -0.05) is 35.5 Å². The molecule has 0 radical (unpaired) electrons. The quantitative estimate of drug-likeness (QED) is 0.713. The summed E-state index contributed by atoms with van der Waals surface area (Å²) in [5.41, 5.74) is 2.30. The third-order valence-corrected chi connectivity index (χ3v) is 6.35. The van der Waals surface area contributed by atoms with Gasteiger partial charge < -0.3 is 4.90 Å². The molecule has 3 aliphatic rings. The van der Waals surface area contributed by atoms with E-state index in [1.807, 2.05) is 24.8 Å². The molecular weight excluding hydrogens is 364 g/mol. The Morgan fingerprint density at radius 2 is 1.97 bits per heavy atom. The highest BCUT2D eigenvalue weighted by atomic mass is 16.2. The molecule has 2 aromatic rings. The first-order chi connectivity index (χ1) is 14.0. The van der Waals surface area contributed by atoms with Crippen LogP contribution in [0.3, 0.4) is 0 Å². The van der Waals surface area contributed by atoms with E-state index in [2.05, 4.69) is 57.6 Å². The molecule has 0 spiro atoms. The van der Waals surface area contributed by atoms with Crippen molar-refractivity contribution in [1.29, 1.82) is 0 Å². The minimum absolute atomic E-state index is 0.160. The fourth-order valence-electron chi connectivity index (χ4n) is 4.88. The van der Waals surface area contributed by atoms with Gasteiger partial charge in [0.05, 0.1) is 18.2 Å². The van der Waals surface area contributed by atoms with Crippen LogP contribution in [0.5, 0.6) is 0 Å². The number of hydrogen-bond donors (Lipinski definition) is 0. The Hall–Kier alpha value is -2.25. The Morgan fingerprint density at radius 1 is 1.17 bits per heavy atom. The molecule has 2 unspecified atom stereocenters. The van der Waals surface area contributed by atoms with Crippen molar-refractivity contribution in [3.8, 4) is 0 Å². The first kappa shape index (κ1) is 20.0. The molecule has 1 aromatic carbocycles. The lowest BCUT2D eigenvalue weighted by molar-refractivity contribution is -0.141. The summed E-state index contributed by atoms with van der Waals surface area (Å²) in [6.45, 7) is 4.51. The zero-order valence-corrected chi connectivity index (χ0v) is 17.7. The van der Waals surface area contributed by atoms with E-state index in [4.69, 9.17) is 0 Å². The monoisotopic (exact) mass is 396 g/mol. The van der Waals surface area contributed by atoms with Gasteiger partial charge in [0.25, 0.3) is 0 Å². The van der Waals surface area contributed by atoms with Crippen molar-refractivity contribution in [2.24, 2.45) is 11.8 Å². The van der Waals surface area contributed by atoms with Crippen LogP contribution < -0.4 is 0 Å². The number of rotatable bonds is 7. The molecule has 156 valence electrons. The van der Waals surface area contributed by atoms with E-state index in [1.165, 1.54) is 5.56 Å². The highest BCUT2D eigenvalue weighted by molar-refractivity contribution is 5.79. The van der Waals surface area contributed by atoms with Crippen LogP contribution in [0, 0.1) is 11.8 Å². The Kier molecular flexibility index (Phi) is 5.96. The van der Waals surface area contributed by atoms with Crippen LogP contribution in [0.25, 0.3) is 0 Å². The van der Waals surface area contributed by atoms with E-state index in [0.29, 0.717) is 12.0 Å². The number of hydrogen-bond acceptors (Lipinski definition) is 5. The van der Waals surface area contributed by atoms with Gasteiger partial charge in [0.2, 0.25) is 5.91 Å². The average Bonchev–Trinajstić information content (AvgIpc) is 3.15. The predicted molar refractivity (Wildman–Crippen MR) is 112 cm³/mol. The lowest BCUT2D eigenvalue weighted by Gasteiger charge is -2.49. The molecule has 3 aliphatic heterocycles. The highest BCUT2D eigenvalue weighted by Crippen LogP contribution is 2.37. The number of amides is 1. The van der Waals surface area contributed by atoms with Crippen molar-refractivity contribution in [3.05, 3.63) is 47.8 Å². The number of piperidine rings is 3. The number of aromatic nitrogens is 3. The predicted octanol–water partition coefficient (Wildman–Crippen LogP) is 1.71. The Bertz CT molecular complexity index is 820. The maximum absolute atomic E-state index is 12.5. The van der Waals surface area contributed by atoms with Gasteiger partial charge in [0.15, 0.2) is 0 Å². The lowest BCUT2D eigenvalue weighted by Crippen LogP contribution is -2.57. The first-order valence-corrected chi connectivity index (χ1v) is 10.6. The highest BCUT2D eigenvalue weighted by Gasteiger charge is 2.43. The van der Waals surface area contributed by atoms with E-state index in [1.54, 1.807) is 4.90 Å². The fraction of sp³-hybridized carbons (Fsp3) is 0.591. The zero-order chi connectivity index (χ0) is 20.4. The van der Waals surface area contributed by atoms with Gasteiger partial charge >= 0.3 is 0 Å². The molecule has 0 N–H and O–H groups in total. The average molecular weight is 397 g/mol. The topological polar surface area (TPSA) is 57.5 Å². The molecule has 4 atom stereocenters. The molecule has 29 heavy (non-hydrogen) atoms. The Morgan fingerprint density at radius 3 is 2.66 bits per heavy atom. The maximum Gasteiger partial charge on any atom is 0.226 e. The van der Waals surface area contributed by atoms with E-state index in [-0.39, 0.29) is 11.8 Å². The van der Waals surface area contributed by atoms with Crippen LogP contribution in [0.15, 0.2) is 36.5 Å². The second kappa shape index (κ2) is 8.63. The molecule has 2 bridgehead atoms. The first-order valence-electron chi connectivity index (χ1n) is 10.6. The number of nitrogens with zero attached hydrogens (tertiary/aromatic N) is 6. The van der Waals surface area contributed by atoms with Crippen molar-refractivity contribution in [2.75, 3.05) is 34.2 Å². The Balaban J connectivity index is 1.31. The molecule has 5 rings (SSSR count). The second-order valence-corrected chi connectivity index (χ2v) is 8.86. The summed E-state index contributed by atoms with van der Waals surface area (Å²) >= 11 is 0. The summed E-state index contributed by atoms with van der Waals surface area (Å²) in [6.07, 6.45) is 4.29. The summed E-state index contributed by atoms with van der Waals surface area (Å²) in [4.78, 5) is 18.9. The third kappa shape index (κ3) is 4.67. The Labute approximate surface area is 173 Å². The van der Waals surface area contributed by atoms with Crippen molar-refractivity contribution in [1.82, 2.24) is 29.7 Å². The minimum atomic E-state index is 0.160. The van der Waals surface area contributed by atoms with Gasteiger partial charge in [-0.3, -0.25) is 19.3 Å². The van der Waals surface area contributed by atoms with Crippen molar-refractivity contribution >= 4 is 5.91 Å². The van der Waals surface area contributed by atoms with Crippen LogP contribution >= 0.6 is 0 Å². The number of carbonyl (C=O) groups excluding carboxylic acids is 1. The molecule has 1 aromatic heterocycles. The van der Waals surface area contributed by atoms with Crippen molar-refractivity contribution in [2.45, 2.75) is 38.5 Å². The summed E-state index contributed by atoms with van der Waals surface area (Å²) in [6, 6.07) is 10.9. The summed E-state index contributed by atoms with van der Waals surface area (Å²) in [7, 11) is 5.84. The summed E-state index contributed by atoms with van der Waals surface area (Å²) in [5.74, 6) is 0.940. The lowest BCUT2D eigenvalue weighted by atomic mass is 9.75. The smallest absolute Gasteiger partial charge is 0.226 e. The van der Waals surface area contributed by atoms with E-state index < -0.39 is 0 Å².